The number of hydrogen-bond donors (Lipinski definition) is 0. The monoisotopic (exact) mass is 240 g/mol. The molecule has 0 atom stereocenters. The van der Waals surface area contributed by atoms with E-state index in [1.807, 2.05) is 18.7 Å². The first kappa shape index (κ1) is 13.4. The second kappa shape index (κ2) is 6.18. The van der Waals surface area contributed by atoms with Crippen molar-refractivity contribution in [2.24, 2.45) is 0 Å². The van der Waals surface area contributed by atoms with Crippen molar-refractivity contribution in [1.82, 2.24) is 0 Å². The average Bonchev–Trinajstić information content (AvgIpc) is 2.29. The van der Waals surface area contributed by atoms with Crippen LogP contribution in [-0.4, -0.2) is 18.0 Å². The normalized spacial score (nSPS) is 10.3. The third-order valence-electron chi connectivity index (χ3n) is 2.65. The van der Waals surface area contributed by atoms with Crippen molar-refractivity contribution >= 4 is 11.4 Å². The van der Waals surface area contributed by atoms with Gasteiger partial charge >= 0.3 is 5.69 Å². The molecule has 94 valence electrons. The highest BCUT2D eigenvalue weighted by Crippen LogP contribution is 2.30. The Kier molecular flexibility index (Phi) is 4.87. The number of benzene rings is 1. The Labute approximate surface area is 100 Å². The molecule has 4 nitrogen and oxygen atoms in total. The van der Waals surface area contributed by atoms with Crippen LogP contribution in [0.15, 0.2) is 18.2 Å². The van der Waals surface area contributed by atoms with Gasteiger partial charge in [0, 0.05) is 13.1 Å². The molecule has 0 spiro atoms. The first-order valence-electron chi connectivity index (χ1n) is 5.79. The zero-order valence-electron chi connectivity index (χ0n) is 10.1. The molecule has 0 aliphatic carbocycles. The van der Waals surface area contributed by atoms with Crippen LogP contribution < -0.4 is 4.90 Å². The third kappa shape index (κ3) is 3.15. The minimum Gasteiger partial charge on any atom is -0.366 e. The van der Waals surface area contributed by atoms with Crippen LogP contribution in [0, 0.1) is 15.9 Å². The van der Waals surface area contributed by atoms with E-state index in [9.17, 15) is 14.5 Å². The molecule has 0 saturated heterocycles. The number of halogens is 1. The van der Waals surface area contributed by atoms with E-state index in [-0.39, 0.29) is 0 Å². The summed E-state index contributed by atoms with van der Waals surface area (Å²) in [5.41, 5.74) is -0.0589. The summed E-state index contributed by atoms with van der Waals surface area (Å²) in [6.45, 7) is 5.29. The summed E-state index contributed by atoms with van der Waals surface area (Å²) in [5, 5.41) is 10.9. The van der Waals surface area contributed by atoms with Gasteiger partial charge in [0.25, 0.3) is 0 Å². The Morgan fingerprint density at radius 2 is 2.12 bits per heavy atom. The summed E-state index contributed by atoms with van der Waals surface area (Å²) in [6, 6.07) is 4.22. The van der Waals surface area contributed by atoms with Gasteiger partial charge in [-0.1, -0.05) is 19.4 Å². The molecule has 5 heteroatoms. The molecule has 0 aromatic heterocycles. The van der Waals surface area contributed by atoms with Gasteiger partial charge < -0.3 is 4.90 Å². The fraction of sp³-hybridized carbons (Fsp3) is 0.500. The van der Waals surface area contributed by atoms with E-state index >= 15 is 0 Å². The lowest BCUT2D eigenvalue weighted by Gasteiger charge is -2.22. The molecule has 0 saturated carbocycles. The van der Waals surface area contributed by atoms with Gasteiger partial charge in [-0.2, -0.15) is 4.39 Å². The summed E-state index contributed by atoms with van der Waals surface area (Å²) in [5.74, 6) is -0.776. The number of rotatable bonds is 6. The maximum Gasteiger partial charge on any atom is 0.327 e. The van der Waals surface area contributed by atoms with Crippen LogP contribution in [0.2, 0.25) is 0 Å². The van der Waals surface area contributed by atoms with E-state index < -0.39 is 16.4 Å². The van der Waals surface area contributed by atoms with E-state index in [0.29, 0.717) is 18.8 Å². The van der Waals surface area contributed by atoms with Gasteiger partial charge in [0.2, 0.25) is 5.82 Å². The topological polar surface area (TPSA) is 46.4 Å². The zero-order valence-corrected chi connectivity index (χ0v) is 10.1. The van der Waals surface area contributed by atoms with Gasteiger partial charge in [0.05, 0.1) is 4.92 Å². The van der Waals surface area contributed by atoms with Crippen molar-refractivity contribution in [3.8, 4) is 0 Å². The summed E-state index contributed by atoms with van der Waals surface area (Å²) >= 11 is 0. The maximum atomic E-state index is 13.5. The van der Waals surface area contributed by atoms with Crippen molar-refractivity contribution in [2.75, 3.05) is 18.0 Å². The molecule has 1 rings (SSSR count). The lowest BCUT2D eigenvalue weighted by molar-refractivity contribution is -0.386. The molecule has 0 heterocycles. The highest BCUT2D eigenvalue weighted by molar-refractivity contribution is 5.63. The van der Waals surface area contributed by atoms with Gasteiger partial charge in [0.15, 0.2) is 0 Å². The molecular formula is C12H17FN2O2. The number of unbranched alkanes of at least 4 members (excludes halogenated alkanes) is 1. The van der Waals surface area contributed by atoms with E-state index in [1.165, 1.54) is 6.07 Å². The maximum absolute atomic E-state index is 13.5. The lowest BCUT2D eigenvalue weighted by Crippen LogP contribution is -2.24. The number of nitro benzene ring substituents is 1. The van der Waals surface area contributed by atoms with Gasteiger partial charge in [0.1, 0.15) is 5.69 Å². The van der Waals surface area contributed by atoms with Gasteiger partial charge in [-0.25, -0.2) is 0 Å². The predicted octanol–water partition coefficient (Wildman–Crippen LogP) is 3.36. The van der Waals surface area contributed by atoms with Crippen molar-refractivity contribution in [1.29, 1.82) is 0 Å². The first-order chi connectivity index (χ1) is 8.11. The molecule has 1 aromatic rings. The number of anilines is 1. The quantitative estimate of drug-likeness (QED) is 0.565. The highest BCUT2D eigenvalue weighted by atomic mass is 19.1. The predicted molar refractivity (Wildman–Crippen MR) is 65.8 cm³/mol. The molecule has 0 amide bonds. The van der Waals surface area contributed by atoms with E-state index in [2.05, 4.69) is 0 Å². The standard InChI is InChI=1S/C12H17FN2O2/c1-3-5-9-14(4-2)11-8-6-7-10(13)12(11)15(16)17/h6-8H,3-5,9H2,1-2H3. The highest BCUT2D eigenvalue weighted by Gasteiger charge is 2.22. The number of nitrogens with zero attached hydrogens (tertiary/aromatic N) is 2. The van der Waals surface area contributed by atoms with Crippen LogP contribution in [0.4, 0.5) is 15.8 Å². The summed E-state index contributed by atoms with van der Waals surface area (Å²) in [6.07, 6.45) is 1.93. The summed E-state index contributed by atoms with van der Waals surface area (Å²) in [7, 11) is 0. The average molecular weight is 240 g/mol. The SMILES string of the molecule is CCCCN(CC)c1cccc(F)c1[N+](=O)[O-]. The molecule has 0 unspecified atom stereocenters. The minimum atomic E-state index is -0.776. The van der Waals surface area contributed by atoms with Crippen LogP contribution in [0.1, 0.15) is 26.7 Å². The van der Waals surface area contributed by atoms with Crippen molar-refractivity contribution in [2.45, 2.75) is 26.7 Å². The number of para-hydroxylation sites is 1. The fourth-order valence-corrected chi connectivity index (χ4v) is 1.74. The number of nitro groups is 1. The molecule has 0 N–H and O–H groups in total. The smallest absolute Gasteiger partial charge is 0.327 e. The molecule has 0 aliphatic rings. The van der Waals surface area contributed by atoms with Crippen LogP contribution >= 0.6 is 0 Å². The molecule has 0 radical (unpaired) electrons. The Morgan fingerprint density at radius 1 is 1.41 bits per heavy atom. The second-order valence-electron chi connectivity index (χ2n) is 3.80. The van der Waals surface area contributed by atoms with Crippen molar-refractivity contribution < 1.29 is 9.31 Å². The van der Waals surface area contributed by atoms with E-state index in [0.717, 1.165) is 18.9 Å². The molecular weight excluding hydrogens is 223 g/mol. The largest absolute Gasteiger partial charge is 0.366 e. The van der Waals surface area contributed by atoms with E-state index in [1.54, 1.807) is 6.07 Å². The zero-order chi connectivity index (χ0) is 12.8. The molecule has 0 fully saturated rings. The molecule has 1 aromatic carbocycles. The van der Waals surface area contributed by atoms with Gasteiger partial charge in [-0.05, 0) is 25.5 Å². The Bertz CT molecular complexity index is 396. The van der Waals surface area contributed by atoms with Crippen LogP contribution in [0.5, 0.6) is 0 Å². The van der Waals surface area contributed by atoms with Crippen molar-refractivity contribution in [3.63, 3.8) is 0 Å². The van der Waals surface area contributed by atoms with Crippen molar-refractivity contribution in [3.05, 3.63) is 34.1 Å². The van der Waals surface area contributed by atoms with Crippen LogP contribution in [-0.2, 0) is 0 Å². The van der Waals surface area contributed by atoms with Gasteiger partial charge in [-0.3, -0.25) is 10.1 Å². The Balaban J connectivity index is 3.09. The van der Waals surface area contributed by atoms with Crippen LogP contribution in [0.3, 0.4) is 0 Å². The lowest BCUT2D eigenvalue weighted by atomic mass is 10.2. The third-order valence-corrected chi connectivity index (χ3v) is 2.65. The first-order valence-corrected chi connectivity index (χ1v) is 5.79. The number of hydrogen-bond acceptors (Lipinski definition) is 3. The van der Waals surface area contributed by atoms with Crippen LogP contribution in [0.25, 0.3) is 0 Å². The second-order valence-corrected chi connectivity index (χ2v) is 3.80. The molecule has 0 aliphatic heterocycles. The summed E-state index contributed by atoms with van der Waals surface area (Å²) in [4.78, 5) is 12.1. The minimum absolute atomic E-state index is 0.367. The Morgan fingerprint density at radius 3 is 2.65 bits per heavy atom. The van der Waals surface area contributed by atoms with Gasteiger partial charge in [-0.15, -0.1) is 0 Å². The Hall–Kier alpha value is -1.65. The molecule has 17 heavy (non-hydrogen) atoms. The molecule has 0 bridgehead atoms. The summed E-state index contributed by atoms with van der Waals surface area (Å²) < 4.78 is 13.5. The fourth-order valence-electron chi connectivity index (χ4n) is 1.74. The van der Waals surface area contributed by atoms with E-state index in [4.69, 9.17) is 0 Å².